The van der Waals surface area contributed by atoms with E-state index in [0.29, 0.717) is 17.8 Å². The maximum atomic E-state index is 13.6. The molecule has 0 aromatic heterocycles. The zero-order valence-electron chi connectivity index (χ0n) is 11.8. The summed E-state index contributed by atoms with van der Waals surface area (Å²) in [6, 6.07) is 3.84. The lowest BCUT2D eigenvalue weighted by atomic mass is 9.70. The summed E-state index contributed by atoms with van der Waals surface area (Å²) in [5, 5.41) is 0. The molecule has 1 saturated carbocycles. The third kappa shape index (κ3) is 3.53. The molecule has 19 heavy (non-hydrogen) atoms. The Balaban J connectivity index is 2.00. The Hall–Kier alpha value is -0.960. The van der Waals surface area contributed by atoms with E-state index in [1.54, 1.807) is 0 Å². The molecule has 1 nitrogen and oxygen atoms in total. The van der Waals surface area contributed by atoms with Gasteiger partial charge in [0.1, 0.15) is 11.6 Å². The number of rotatable bonds is 3. The topological polar surface area (TPSA) is 26.0 Å². The smallest absolute Gasteiger partial charge is 0.129 e. The highest BCUT2D eigenvalue weighted by Crippen LogP contribution is 2.39. The van der Waals surface area contributed by atoms with E-state index in [2.05, 4.69) is 13.8 Å². The number of halogens is 2. The average molecular weight is 267 g/mol. The molecule has 0 heterocycles. The zero-order valence-corrected chi connectivity index (χ0v) is 11.8. The normalized spacial score (nSPS) is 21.3. The highest BCUT2D eigenvalue weighted by molar-refractivity contribution is 5.20. The minimum absolute atomic E-state index is 0.139. The van der Waals surface area contributed by atoms with Gasteiger partial charge in [0.2, 0.25) is 0 Å². The second kappa shape index (κ2) is 5.58. The van der Waals surface area contributed by atoms with E-state index >= 15 is 0 Å². The molecule has 0 spiro atoms. The fraction of sp³-hybridized carbons (Fsp3) is 0.625. The Morgan fingerprint density at radius 3 is 2.26 bits per heavy atom. The Labute approximate surface area is 114 Å². The first-order valence-corrected chi connectivity index (χ1v) is 7.07. The van der Waals surface area contributed by atoms with Crippen LogP contribution in [0.5, 0.6) is 0 Å². The SMILES string of the molecule is CC1(C)CCC(C(N)Cc2c(F)cccc2F)CC1. The van der Waals surface area contributed by atoms with Gasteiger partial charge in [-0.3, -0.25) is 0 Å². The van der Waals surface area contributed by atoms with Crippen molar-refractivity contribution in [2.24, 2.45) is 17.1 Å². The number of nitrogens with two attached hydrogens (primary N) is 1. The van der Waals surface area contributed by atoms with Crippen molar-refractivity contribution in [1.29, 1.82) is 0 Å². The maximum absolute atomic E-state index is 13.6. The molecule has 0 bridgehead atoms. The van der Waals surface area contributed by atoms with Crippen LogP contribution in [0.3, 0.4) is 0 Å². The monoisotopic (exact) mass is 267 g/mol. The standard InChI is InChI=1S/C16H23F2N/c1-16(2)8-6-11(7-9-16)15(19)10-12-13(17)4-3-5-14(12)18/h3-5,11,15H,6-10,19H2,1-2H3. The minimum Gasteiger partial charge on any atom is -0.327 e. The summed E-state index contributed by atoms with van der Waals surface area (Å²) in [5.41, 5.74) is 6.70. The van der Waals surface area contributed by atoms with Gasteiger partial charge in [-0.05, 0) is 55.6 Å². The van der Waals surface area contributed by atoms with Gasteiger partial charge in [0.25, 0.3) is 0 Å². The van der Waals surface area contributed by atoms with Crippen LogP contribution in [-0.4, -0.2) is 6.04 Å². The van der Waals surface area contributed by atoms with Crippen LogP contribution in [-0.2, 0) is 6.42 Å². The highest BCUT2D eigenvalue weighted by atomic mass is 19.1. The van der Waals surface area contributed by atoms with Gasteiger partial charge in [0.05, 0.1) is 0 Å². The van der Waals surface area contributed by atoms with Gasteiger partial charge in [-0.1, -0.05) is 19.9 Å². The van der Waals surface area contributed by atoms with Crippen molar-refractivity contribution < 1.29 is 8.78 Å². The zero-order chi connectivity index (χ0) is 14.0. The highest BCUT2D eigenvalue weighted by Gasteiger charge is 2.30. The van der Waals surface area contributed by atoms with Gasteiger partial charge < -0.3 is 5.73 Å². The van der Waals surface area contributed by atoms with Gasteiger partial charge in [-0.15, -0.1) is 0 Å². The molecule has 1 aliphatic rings. The Kier molecular flexibility index (Phi) is 4.24. The molecule has 1 atom stereocenters. The fourth-order valence-electron chi connectivity index (χ4n) is 2.98. The summed E-state index contributed by atoms with van der Waals surface area (Å²) >= 11 is 0. The molecule has 1 aliphatic carbocycles. The van der Waals surface area contributed by atoms with Crippen LogP contribution in [0.2, 0.25) is 0 Å². The van der Waals surface area contributed by atoms with Crippen LogP contribution in [0, 0.1) is 23.0 Å². The molecule has 106 valence electrons. The molecule has 0 aliphatic heterocycles. The predicted molar refractivity (Wildman–Crippen MR) is 73.8 cm³/mol. The Morgan fingerprint density at radius 1 is 1.21 bits per heavy atom. The molecule has 2 N–H and O–H groups in total. The van der Waals surface area contributed by atoms with Gasteiger partial charge in [0.15, 0.2) is 0 Å². The van der Waals surface area contributed by atoms with Crippen LogP contribution in [0.15, 0.2) is 18.2 Å². The average Bonchev–Trinajstić information content (AvgIpc) is 2.33. The molecule has 0 saturated heterocycles. The second-order valence-electron chi connectivity index (χ2n) is 6.57. The van der Waals surface area contributed by atoms with E-state index in [-0.39, 0.29) is 11.6 Å². The Morgan fingerprint density at radius 2 is 1.74 bits per heavy atom. The molecular weight excluding hydrogens is 244 g/mol. The van der Waals surface area contributed by atoms with Gasteiger partial charge in [-0.2, -0.15) is 0 Å². The van der Waals surface area contributed by atoms with Crippen LogP contribution < -0.4 is 5.73 Å². The van der Waals surface area contributed by atoms with Crippen LogP contribution in [0.25, 0.3) is 0 Å². The van der Waals surface area contributed by atoms with Crippen molar-refractivity contribution >= 4 is 0 Å². The summed E-state index contributed by atoms with van der Waals surface area (Å²) < 4.78 is 27.2. The van der Waals surface area contributed by atoms with Crippen molar-refractivity contribution in [3.63, 3.8) is 0 Å². The van der Waals surface area contributed by atoms with Gasteiger partial charge in [-0.25, -0.2) is 8.78 Å². The molecule has 3 heteroatoms. The van der Waals surface area contributed by atoms with Crippen molar-refractivity contribution in [3.05, 3.63) is 35.4 Å². The molecule has 1 aromatic carbocycles. The molecule has 1 aromatic rings. The first kappa shape index (κ1) is 14.4. The van der Waals surface area contributed by atoms with Crippen LogP contribution >= 0.6 is 0 Å². The molecule has 2 rings (SSSR count). The van der Waals surface area contributed by atoms with Crippen molar-refractivity contribution in [2.45, 2.75) is 52.0 Å². The van der Waals surface area contributed by atoms with E-state index in [1.165, 1.54) is 18.2 Å². The van der Waals surface area contributed by atoms with Crippen molar-refractivity contribution in [1.82, 2.24) is 0 Å². The molecule has 0 radical (unpaired) electrons. The lowest BCUT2D eigenvalue weighted by Gasteiger charge is -2.37. The van der Waals surface area contributed by atoms with E-state index in [9.17, 15) is 8.78 Å². The number of hydrogen-bond acceptors (Lipinski definition) is 1. The summed E-state index contributed by atoms with van der Waals surface area (Å²) in [6.45, 7) is 4.54. The first-order chi connectivity index (χ1) is 8.89. The van der Waals surface area contributed by atoms with E-state index in [1.807, 2.05) is 0 Å². The van der Waals surface area contributed by atoms with Crippen LogP contribution in [0.4, 0.5) is 8.78 Å². The first-order valence-electron chi connectivity index (χ1n) is 7.07. The summed E-state index contributed by atoms with van der Waals surface area (Å²) in [6.07, 6.45) is 4.70. The van der Waals surface area contributed by atoms with E-state index < -0.39 is 11.6 Å². The second-order valence-corrected chi connectivity index (χ2v) is 6.57. The summed E-state index contributed by atoms with van der Waals surface area (Å²) in [4.78, 5) is 0. The third-order valence-corrected chi connectivity index (χ3v) is 4.49. The Bertz CT molecular complexity index is 412. The number of benzene rings is 1. The lowest BCUT2D eigenvalue weighted by Crippen LogP contribution is -2.36. The molecule has 1 unspecified atom stereocenters. The molecular formula is C16H23F2N. The van der Waals surface area contributed by atoms with E-state index in [0.717, 1.165) is 25.7 Å². The number of hydrogen-bond donors (Lipinski definition) is 1. The van der Waals surface area contributed by atoms with Crippen LogP contribution in [0.1, 0.15) is 45.1 Å². The summed E-state index contributed by atoms with van der Waals surface area (Å²) in [7, 11) is 0. The minimum atomic E-state index is -0.480. The molecule has 1 fully saturated rings. The maximum Gasteiger partial charge on any atom is 0.129 e. The fourth-order valence-corrected chi connectivity index (χ4v) is 2.98. The van der Waals surface area contributed by atoms with Gasteiger partial charge >= 0.3 is 0 Å². The third-order valence-electron chi connectivity index (χ3n) is 4.49. The molecule has 0 amide bonds. The predicted octanol–water partition coefficient (Wildman–Crippen LogP) is 4.05. The van der Waals surface area contributed by atoms with Gasteiger partial charge in [0, 0.05) is 11.6 Å². The van der Waals surface area contributed by atoms with Crippen molar-refractivity contribution in [2.75, 3.05) is 0 Å². The van der Waals surface area contributed by atoms with Crippen molar-refractivity contribution in [3.8, 4) is 0 Å². The van der Waals surface area contributed by atoms with E-state index in [4.69, 9.17) is 5.73 Å². The quantitative estimate of drug-likeness (QED) is 0.878. The largest absolute Gasteiger partial charge is 0.327 e. The lowest BCUT2D eigenvalue weighted by molar-refractivity contribution is 0.172. The summed E-state index contributed by atoms with van der Waals surface area (Å²) in [5.74, 6) is -0.579.